The van der Waals surface area contributed by atoms with Gasteiger partial charge in [-0.2, -0.15) is 0 Å². The number of carbonyl (C=O) groups is 1. The molecule has 0 spiro atoms. The van der Waals surface area contributed by atoms with Crippen molar-refractivity contribution in [1.82, 2.24) is 5.16 Å². The number of halogens is 2. The summed E-state index contributed by atoms with van der Waals surface area (Å²) >= 11 is 7.42. The molecule has 0 bridgehead atoms. The molecule has 1 heterocycles. The molecule has 2 aromatic carbocycles. The van der Waals surface area contributed by atoms with Crippen molar-refractivity contribution in [2.24, 2.45) is 0 Å². The van der Waals surface area contributed by atoms with E-state index in [-0.39, 0.29) is 5.02 Å². The van der Waals surface area contributed by atoms with Crippen LogP contribution in [-0.2, 0) is 4.79 Å². The van der Waals surface area contributed by atoms with Crippen LogP contribution in [0.25, 0.3) is 22.2 Å². The maximum absolute atomic E-state index is 14.0. The molecule has 0 amide bonds. The van der Waals surface area contributed by atoms with E-state index in [0.717, 1.165) is 11.8 Å². The highest BCUT2D eigenvalue weighted by Crippen LogP contribution is 2.39. The number of benzene rings is 2. The smallest absolute Gasteiger partial charge is 0.187 e. The quantitative estimate of drug-likeness (QED) is 0.642. The van der Waals surface area contributed by atoms with Gasteiger partial charge in [0.15, 0.2) is 5.58 Å². The minimum absolute atomic E-state index is 0.257. The predicted octanol–water partition coefficient (Wildman–Crippen LogP) is 3.91. The third-order valence-electron chi connectivity index (χ3n) is 3.58. The molecule has 0 N–H and O–H groups in total. The molecule has 124 valence electrons. The van der Waals surface area contributed by atoms with E-state index >= 15 is 0 Å². The molecule has 0 saturated carbocycles. The first-order valence-corrected chi connectivity index (χ1v) is 8.49. The van der Waals surface area contributed by atoms with Gasteiger partial charge in [-0.25, -0.2) is 4.39 Å². The first-order chi connectivity index (χ1) is 11.5. The molecule has 24 heavy (non-hydrogen) atoms. The molecule has 3 rings (SSSR count). The summed E-state index contributed by atoms with van der Waals surface area (Å²) in [6, 6.07) is 9.62. The number of hydrogen-bond acceptors (Lipinski definition) is 5. The van der Waals surface area contributed by atoms with Crippen LogP contribution in [0, 0.1) is 5.82 Å². The van der Waals surface area contributed by atoms with Crippen molar-refractivity contribution >= 4 is 40.3 Å². The van der Waals surface area contributed by atoms with Gasteiger partial charge in [-0.1, -0.05) is 35.8 Å². The van der Waals surface area contributed by atoms with Crippen LogP contribution in [0.5, 0.6) is 0 Å². The van der Waals surface area contributed by atoms with Crippen molar-refractivity contribution in [3.63, 3.8) is 0 Å². The Balaban J connectivity index is 2.06. The lowest BCUT2D eigenvalue weighted by molar-refractivity contribution is -0.304. The molecule has 0 aliphatic carbocycles. The number of aromatic nitrogens is 1. The Bertz CT molecular complexity index is 912. The second-order valence-electron chi connectivity index (χ2n) is 5.10. The van der Waals surface area contributed by atoms with Gasteiger partial charge in [0.05, 0.1) is 11.4 Å². The number of carboxylic acid groups (broad SMARTS) is 1. The van der Waals surface area contributed by atoms with E-state index in [9.17, 15) is 14.3 Å². The van der Waals surface area contributed by atoms with Gasteiger partial charge in [0.1, 0.15) is 16.5 Å². The van der Waals surface area contributed by atoms with E-state index in [0.29, 0.717) is 33.5 Å². The molecule has 1 aromatic heterocycles. The fourth-order valence-corrected chi connectivity index (χ4v) is 3.59. The van der Waals surface area contributed by atoms with Gasteiger partial charge in [-0.15, -0.1) is 11.8 Å². The van der Waals surface area contributed by atoms with Crippen molar-refractivity contribution in [1.29, 1.82) is 0 Å². The SMILES string of the molecule is CCC(Sc1ccc2c(-c3ccccc3F)noc2c1Cl)C(=O)[O-]. The average molecular weight is 365 g/mol. The molecular formula is C17H12ClFNO3S-. The van der Waals surface area contributed by atoms with Gasteiger partial charge in [-0.3, -0.25) is 0 Å². The standard InChI is InChI=1S/C17H13ClFNO3S/c1-2-12(17(21)22)24-13-8-7-10-15(20-23-16(10)14(13)18)9-5-3-4-6-11(9)19/h3-8,12H,2H2,1H3,(H,21,22)/p-1. The number of hydrogen-bond donors (Lipinski definition) is 0. The van der Waals surface area contributed by atoms with Gasteiger partial charge in [-0.05, 0) is 30.7 Å². The molecule has 3 aromatic rings. The molecule has 1 unspecified atom stereocenters. The summed E-state index contributed by atoms with van der Waals surface area (Å²) in [5, 5.41) is 15.1. The van der Waals surface area contributed by atoms with Crippen LogP contribution >= 0.6 is 23.4 Å². The molecule has 0 aliphatic rings. The number of carbonyl (C=O) groups excluding carboxylic acids is 1. The number of rotatable bonds is 5. The third kappa shape index (κ3) is 2.99. The normalized spacial score (nSPS) is 12.5. The fraction of sp³-hybridized carbons (Fsp3) is 0.176. The van der Waals surface area contributed by atoms with E-state index in [1.54, 1.807) is 37.3 Å². The highest BCUT2D eigenvalue weighted by atomic mass is 35.5. The number of nitrogens with zero attached hydrogens (tertiary/aromatic N) is 1. The zero-order valence-electron chi connectivity index (χ0n) is 12.6. The summed E-state index contributed by atoms with van der Waals surface area (Å²) in [7, 11) is 0. The molecule has 0 radical (unpaired) electrons. The molecule has 0 saturated heterocycles. The molecule has 0 fully saturated rings. The Hall–Kier alpha value is -2.05. The van der Waals surface area contributed by atoms with E-state index in [2.05, 4.69) is 5.16 Å². The van der Waals surface area contributed by atoms with Crippen LogP contribution in [0.3, 0.4) is 0 Å². The number of thioether (sulfide) groups is 1. The topological polar surface area (TPSA) is 66.2 Å². The van der Waals surface area contributed by atoms with Crippen molar-refractivity contribution in [3.05, 3.63) is 47.2 Å². The van der Waals surface area contributed by atoms with Crippen LogP contribution in [0.1, 0.15) is 13.3 Å². The zero-order valence-corrected chi connectivity index (χ0v) is 14.2. The lowest BCUT2D eigenvalue weighted by atomic mass is 10.1. The Morgan fingerprint density at radius 2 is 2.12 bits per heavy atom. The minimum atomic E-state index is -1.15. The Morgan fingerprint density at radius 1 is 1.38 bits per heavy atom. The van der Waals surface area contributed by atoms with Crippen LogP contribution in [0.4, 0.5) is 4.39 Å². The Labute approximate surface area is 146 Å². The molecule has 1 atom stereocenters. The first kappa shape index (κ1) is 16.8. The summed E-state index contributed by atoms with van der Waals surface area (Å²) in [5.41, 5.74) is 0.968. The second kappa shape index (κ2) is 6.83. The van der Waals surface area contributed by atoms with Gasteiger partial charge >= 0.3 is 0 Å². The van der Waals surface area contributed by atoms with E-state index in [1.807, 2.05) is 0 Å². The van der Waals surface area contributed by atoms with E-state index < -0.39 is 17.0 Å². The summed E-state index contributed by atoms with van der Waals surface area (Å²) < 4.78 is 19.3. The summed E-state index contributed by atoms with van der Waals surface area (Å²) in [6.45, 7) is 1.75. The van der Waals surface area contributed by atoms with E-state index in [4.69, 9.17) is 16.1 Å². The first-order valence-electron chi connectivity index (χ1n) is 7.23. The maximum atomic E-state index is 14.0. The van der Waals surface area contributed by atoms with Gasteiger partial charge in [0.25, 0.3) is 0 Å². The lowest BCUT2D eigenvalue weighted by Crippen LogP contribution is -2.32. The van der Waals surface area contributed by atoms with Crippen LogP contribution in [-0.4, -0.2) is 16.4 Å². The second-order valence-corrected chi connectivity index (χ2v) is 6.72. The van der Waals surface area contributed by atoms with E-state index in [1.165, 1.54) is 6.07 Å². The average Bonchev–Trinajstić information content (AvgIpc) is 2.99. The van der Waals surface area contributed by atoms with Crippen molar-refractivity contribution < 1.29 is 18.8 Å². The van der Waals surface area contributed by atoms with Crippen LogP contribution < -0.4 is 5.11 Å². The fourth-order valence-electron chi connectivity index (χ4n) is 2.34. The minimum Gasteiger partial charge on any atom is -0.549 e. The third-order valence-corrected chi connectivity index (χ3v) is 5.47. The molecule has 0 aliphatic heterocycles. The van der Waals surface area contributed by atoms with Crippen LogP contribution in [0.15, 0.2) is 45.8 Å². The van der Waals surface area contributed by atoms with Gasteiger partial charge in [0.2, 0.25) is 0 Å². The lowest BCUT2D eigenvalue weighted by Gasteiger charge is -2.15. The van der Waals surface area contributed by atoms with Crippen LogP contribution in [0.2, 0.25) is 5.02 Å². The van der Waals surface area contributed by atoms with Crippen molar-refractivity contribution in [2.75, 3.05) is 0 Å². The molecular weight excluding hydrogens is 353 g/mol. The summed E-state index contributed by atoms with van der Waals surface area (Å²) in [6.07, 6.45) is 0.401. The summed E-state index contributed by atoms with van der Waals surface area (Å²) in [4.78, 5) is 11.6. The number of carboxylic acids is 1. The van der Waals surface area contributed by atoms with Crippen molar-refractivity contribution in [3.8, 4) is 11.3 Å². The number of fused-ring (bicyclic) bond motifs is 1. The molecule has 4 nitrogen and oxygen atoms in total. The highest BCUT2D eigenvalue weighted by Gasteiger charge is 2.19. The monoisotopic (exact) mass is 364 g/mol. The highest BCUT2D eigenvalue weighted by molar-refractivity contribution is 8.00. The van der Waals surface area contributed by atoms with Crippen molar-refractivity contribution in [2.45, 2.75) is 23.5 Å². The summed E-state index contributed by atoms with van der Waals surface area (Å²) in [5.74, 6) is -1.56. The largest absolute Gasteiger partial charge is 0.549 e. The predicted molar refractivity (Wildman–Crippen MR) is 89.4 cm³/mol. The van der Waals surface area contributed by atoms with Gasteiger partial charge < -0.3 is 14.4 Å². The number of aliphatic carboxylic acids is 1. The van der Waals surface area contributed by atoms with Gasteiger partial charge in [0, 0.05) is 15.7 Å². The Morgan fingerprint density at radius 3 is 2.79 bits per heavy atom. The molecule has 7 heteroatoms. The zero-order chi connectivity index (χ0) is 17.3. The Kier molecular flexibility index (Phi) is 4.78. The maximum Gasteiger partial charge on any atom is 0.187 e.